The Morgan fingerprint density at radius 2 is 1.83 bits per heavy atom. The molecule has 0 aliphatic rings. The Labute approximate surface area is 152 Å². The Balaban J connectivity index is 2.42. The summed E-state index contributed by atoms with van der Waals surface area (Å²) in [4.78, 5) is 0. The Morgan fingerprint density at radius 3 is 2.46 bits per heavy atom. The van der Waals surface area contributed by atoms with Crippen LogP contribution in [0.1, 0.15) is 40.5 Å². The van der Waals surface area contributed by atoms with Crippen molar-refractivity contribution in [2.45, 2.75) is 40.5 Å². The monoisotopic (exact) mass is 342 g/mol. The summed E-state index contributed by atoms with van der Waals surface area (Å²) in [5.74, 6) is 1.49. The smallest absolute Gasteiger partial charge is 0.175 e. The quantitative estimate of drug-likeness (QED) is 0.443. The van der Waals surface area contributed by atoms with Crippen molar-refractivity contribution in [1.82, 2.24) is 5.32 Å². The number of thiocarbonyl (C=S) groups is 1. The molecular weight excluding hydrogens is 312 g/mol. The summed E-state index contributed by atoms with van der Waals surface area (Å²) < 4.78 is 0. The van der Waals surface area contributed by atoms with Gasteiger partial charge in [-0.2, -0.15) is 0 Å². The minimum absolute atomic E-state index is 0.591. The van der Waals surface area contributed by atoms with Gasteiger partial charge in [-0.05, 0) is 55.6 Å². The van der Waals surface area contributed by atoms with Crippen LogP contribution in [0.3, 0.4) is 0 Å². The molecule has 0 spiro atoms. The van der Waals surface area contributed by atoms with Gasteiger partial charge in [0.25, 0.3) is 0 Å². The van der Waals surface area contributed by atoms with Crippen LogP contribution in [0.4, 0.5) is 5.69 Å². The maximum atomic E-state index is 5.34. The number of hydrogen-bond donors (Lipinski definition) is 2. The van der Waals surface area contributed by atoms with Gasteiger partial charge in [-0.15, -0.1) is 0 Å². The Kier molecular flexibility index (Phi) is 9.78. The van der Waals surface area contributed by atoms with Gasteiger partial charge in [0, 0.05) is 11.4 Å². The summed E-state index contributed by atoms with van der Waals surface area (Å²) in [5, 5.41) is 6.96. The summed E-state index contributed by atoms with van der Waals surface area (Å²) >= 11 is 5.34. The Morgan fingerprint density at radius 1 is 1.12 bits per heavy atom. The number of anilines is 1. The average Bonchev–Trinajstić information content (AvgIpc) is 2.60. The van der Waals surface area contributed by atoms with Gasteiger partial charge in [0.15, 0.2) is 5.11 Å². The SMILES string of the molecule is C\C=C(/C=C\C=C/CC(C)C(C)CC)NC(=S)Nc1ccccc1. The maximum absolute atomic E-state index is 5.34. The van der Waals surface area contributed by atoms with E-state index in [-0.39, 0.29) is 0 Å². The van der Waals surface area contributed by atoms with Gasteiger partial charge < -0.3 is 10.6 Å². The van der Waals surface area contributed by atoms with Crippen LogP contribution in [0.5, 0.6) is 0 Å². The molecule has 0 bridgehead atoms. The van der Waals surface area contributed by atoms with Gasteiger partial charge >= 0.3 is 0 Å². The van der Waals surface area contributed by atoms with E-state index in [0.29, 0.717) is 5.11 Å². The van der Waals surface area contributed by atoms with Crippen molar-refractivity contribution in [3.05, 3.63) is 66.4 Å². The maximum Gasteiger partial charge on any atom is 0.175 e. The highest BCUT2D eigenvalue weighted by Gasteiger charge is 2.07. The van der Waals surface area contributed by atoms with Crippen LogP contribution >= 0.6 is 12.2 Å². The van der Waals surface area contributed by atoms with Crippen LogP contribution in [0.2, 0.25) is 0 Å². The standard InChI is InChI=1S/C21H30N2S/c1-5-17(3)18(4)13-9-7-10-14-19(6-2)22-21(24)23-20-15-11-8-12-16-20/h6-12,14-18H,5,13H2,1-4H3,(H2,22,23,24)/b9-7-,14-10-,19-6+. The Hall–Kier alpha value is -1.87. The fraction of sp³-hybridized carbons (Fsp3) is 0.381. The molecule has 24 heavy (non-hydrogen) atoms. The van der Waals surface area contributed by atoms with Crippen molar-refractivity contribution in [2.24, 2.45) is 11.8 Å². The minimum atomic E-state index is 0.591. The summed E-state index contributed by atoms with van der Waals surface area (Å²) in [6.45, 7) is 8.87. The van der Waals surface area contributed by atoms with Crippen molar-refractivity contribution < 1.29 is 0 Å². The fourth-order valence-electron chi connectivity index (χ4n) is 2.19. The van der Waals surface area contributed by atoms with E-state index in [1.54, 1.807) is 0 Å². The van der Waals surface area contributed by atoms with E-state index >= 15 is 0 Å². The second kappa shape index (κ2) is 11.6. The number of allylic oxidation sites excluding steroid dienone is 5. The fourth-order valence-corrected chi connectivity index (χ4v) is 2.43. The second-order valence-corrected chi connectivity index (χ2v) is 6.48. The minimum Gasteiger partial charge on any atom is -0.333 e. The molecule has 0 aromatic heterocycles. The van der Waals surface area contributed by atoms with E-state index in [4.69, 9.17) is 12.2 Å². The number of benzene rings is 1. The van der Waals surface area contributed by atoms with E-state index in [1.165, 1.54) is 6.42 Å². The van der Waals surface area contributed by atoms with E-state index in [2.05, 4.69) is 49.6 Å². The molecular formula is C21H30N2S. The van der Waals surface area contributed by atoms with Crippen molar-refractivity contribution >= 4 is 23.0 Å². The molecule has 1 aromatic rings. The van der Waals surface area contributed by atoms with Gasteiger partial charge in [-0.3, -0.25) is 0 Å². The molecule has 0 saturated carbocycles. The van der Waals surface area contributed by atoms with Crippen molar-refractivity contribution in [3.8, 4) is 0 Å². The van der Waals surface area contributed by atoms with Crippen molar-refractivity contribution in [3.63, 3.8) is 0 Å². The predicted octanol–water partition coefficient (Wildman–Crippen LogP) is 6.06. The van der Waals surface area contributed by atoms with Crippen LogP contribution in [0, 0.1) is 11.8 Å². The number of hydrogen-bond acceptors (Lipinski definition) is 1. The highest BCUT2D eigenvalue weighted by molar-refractivity contribution is 7.80. The molecule has 2 nitrogen and oxygen atoms in total. The second-order valence-electron chi connectivity index (χ2n) is 6.07. The van der Waals surface area contributed by atoms with Crippen LogP contribution in [-0.4, -0.2) is 5.11 Å². The zero-order valence-corrected chi connectivity index (χ0v) is 16.1. The van der Waals surface area contributed by atoms with E-state index < -0.39 is 0 Å². The molecule has 3 heteroatoms. The lowest BCUT2D eigenvalue weighted by Gasteiger charge is -2.15. The molecule has 1 aromatic carbocycles. The highest BCUT2D eigenvalue weighted by atomic mass is 32.1. The first-order valence-electron chi connectivity index (χ1n) is 8.69. The molecule has 2 N–H and O–H groups in total. The summed E-state index contributed by atoms with van der Waals surface area (Å²) in [6.07, 6.45) is 12.8. The van der Waals surface area contributed by atoms with Crippen molar-refractivity contribution in [2.75, 3.05) is 5.32 Å². The third-order valence-corrected chi connectivity index (χ3v) is 4.45. The molecule has 1 rings (SSSR count). The van der Waals surface area contributed by atoms with Gasteiger partial charge in [-0.1, -0.05) is 69.7 Å². The molecule has 0 aliphatic carbocycles. The normalized spacial score (nSPS) is 14.8. The summed E-state index contributed by atoms with van der Waals surface area (Å²) in [7, 11) is 0. The first-order valence-corrected chi connectivity index (χ1v) is 9.10. The summed E-state index contributed by atoms with van der Waals surface area (Å²) in [6, 6.07) is 9.91. The predicted molar refractivity (Wildman–Crippen MR) is 111 cm³/mol. The summed E-state index contributed by atoms with van der Waals surface area (Å²) in [5.41, 5.74) is 1.96. The first-order chi connectivity index (χ1) is 11.6. The lowest BCUT2D eigenvalue weighted by Crippen LogP contribution is -2.27. The molecule has 130 valence electrons. The zero-order chi connectivity index (χ0) is 17.8. The molecule has 0 aliphatic heterocycles. The molecule has 0 saturated heterocycles. The topological polar surface area (TPSA) is 24.1 Å². The zero-order valence-electron chi connectivity index (χ0n) is 15.3. The van der Waals surface area contributed by atoms with Crippen LogP contribution in [-0.2, 0) is 0 Å². The van der Waals surface area contributed by atoms with Gasteiger partial charge in [0.1, 0.15) is 0 Å². The number of nitrogens with one attached hydrogen (secondary N) is 2. The van der Waals surface area contributed by atoms with E-state index in [1.807, 2.05) is 49.4 Å². The number of para-hydroxylation sites is 1. The highest BCUT2D eigenvalue weighted by Crippen LogP contribution is 2.18. The third-order valence-electron chi connectivity index (χ3n) is 4.25. The van der Waals surface area contributed by atoms with Gasteiger partial charge in [0.05, 0.1) is 0 Å². The molecule has 0 radical (unpaired) electrons. The molecule has 0 heterocycles. The van der Waals surface area contributed by atoms with E-state index in [9.17, 15) is 0 Å². The molecule has 0 amide bonds. The van der Waals surface area contributed by atoms with Gasteiger partial charge in [-0.25, -0.2) is 0 Å². The van der Waals surface area contributed by atoms with Crippen LogP contribution < -0.4 is 10.6 Å². The average molecular weight is 343 g/mol. The van der Waals surface area contributed by atoms with Gasteiger partial charge in [0.2, 0.25) is 0 Å². The van der Waals surface area contributed by atoms with Crippen LogP contribution in [0.15, 0.2) is 66.4 Å². The number of rotatable bonds is 8. The lowest BCUT2D eigenvalue weighted by molar-refractivity contribution is 0.380. The third kappa shape index (κ3) is 8.11. The lowest BCUT2D eigenvalue weighted by atomic mass is 9.91. The van der Waals surface area contributed by atoms with Crippen LogP contribution in [0.25, 0.3) is 0 Å². The van der Waals surface area contributed by atoms with Crippen molar-refractivity contribution in [1.29, 1.82) is 0 Å². The van der Waals surface area contributed by atoms with E-state index in [0.717, 1.165) is 29.6 Å². The molecule has 2 atom stereocenters. The largest absolute Gasteiger partial charge is 0.333 e. The molecule has 2 unspecified atom stereocenters. The molecule has 0 fully saturated rings. The first kappa shape index (κ1) is 20.2. The Bertz CT molecular complexity index is 573.